The molecule has 1 saturated heterocycles. The van der Waals surface area contributed by atoms with E-state index in [1.54, 1.807) is 0 Å². The minimum Gasteiger partial charge on any atom is -0.271 e. The lowest BCUT2D eigenvalue weighted by Gasteiger charge is -1.81. The maximum Gasteiger partial charge on any atom is 0.339 e. The van der Waals surface area contributed by atoms with E-state index >= 15 is 0 Å². The van der Waals surface area contributed by atoms with Gasteiger partial charge < -0.3 is 0 Å². The van der Waals surface area contributed by atoms with Crippen LogP contribution in [0.25, 0.3) is 0 Å². The van der Waals surface area contributed by atoms with Gasteiger partial charge in [-0.15, -0.1) is 0 Å². The van der Waals surface area contributed by atoms with Gasteiger partial charge in [-0.1, -0.05) is 0 Å². The highest BCUT2D eigenvalue weighted by molar-refractivity contribution is 8.25. The molecule has 17 heavy (non-hydrogen) atoms. The number of hydrogen-bond donors (Lipinski definition) is 0. The van der Waals surface area contributed by atoms with Crippen LogP contribution >= 0.6 is 77.8 Å². The van der Waals surface area contributed by atoms with Crippen molar-refractivity contribution in [1.29, 1.82) is 0 Å². The van der Waals surface area contributed by atoms with Crippen molar-refractivity contribution in [1.82, 2.24) is 0 Å². The van der Waals surface area contributed by atoms with Crippen molar-refractivity contribution in [2.45, 2.75) is 12.8 Å². The van der Waals surface area contributed by atoms with E-state index in [-0.39, 0.29) is 0 Å². The Morgan fingerprint density at radius 3 is 0.941 bits per heavy atom. The van der Waals surface area contributed by atoms with Gasteiger partial charge in [0.2, 0.25) is 0 Å². The van der Waals surface area contributed by atoms with E-state index in [1.165, 1.54) is 0 Å². The van der Waals surface area contributed by atoms with Crippen molar-refractivity contribution in [2.75, 3.05) is 11.5 Å². The Kier molecular flexibility index (Phi) is 11.5. The molecule has 0 aromatic heterocycles. The van der Waals surface area contributed by atoms with Gasteiger partial charge in [0.15, 0.2) is 0 Å². The smallest absolute Gasteiger partial charge is 0.271 e. The van der Waals surface area contributed by atoms with Gasteiger partial charge in [0.05, 0.1) is 11.5 Å². The second kappa shape index (κ2) is 9.15. The Labute approximate surface area is 129 Å². The lowest BCUT2D eigenvalue weighted by molar-refractivity contribution is 0.599. The summed E-state index contributed by atoms with van der Waals surface area (Å²) in [7, 11) is -2.55. The molecule has 0 radical (unpaired) electrons. The van der Waals surface area contributed by atoms with E-state index in [2.05, 4.69) is 67.4 Å². The van der Waals surface area contributed by atoms with Crippen LogP contribution in [0.4, 0.5) is 0 Å². The van der Waals surface area contributed by atoms with E-state index in [4.69, 9.17) is 0 Å². The van der Waals surface area contributed by atoms with Gasteiger partial charge in [-0.25, -0.2) is 8.42 Å². The molecular formula is C4H8Cl6O4P2S. The SMILES string of the molecule is O=P(Cl)(Cl)Cl.O=P(Cl)(Cl)Cl.O=S1(=O)CCCC1. The molecule has 1 aliphatic rings. The fraction of sp³-hybridized carbons (Fsp3) is 1.00. The number of halogens is 6. The molecule has 0 unspecified atom stereocenters. The molecule has 1 fully saturated rings. The van der Waals surface area contributed by atoms with Crippen LogP contribution in [0.5, 0.6) is 0 Å². The van der Waals surface area contributed by atoms with Crippen molar-refractivity contribution in [3.05, 3.63) is 0 Å². The fourth-order valence-electron chi connectivity index (χ4n) is 0.746. The van der Waals surface area contributed by atoms with Gasteiger partial charge in [0.1, 0.15) is 9.84 Å². The molecule has 0 N–H and O–H groups in total. The maximum atomic E-state index is 10.4. The summed E-state index contributed by atoms with van der Waals surface area (Å²) < 4.78 is 39.9. The number of hydrogen-bond acceptors (Lipinski definition) is 4. The first-order chi connectivity index (χ1) is 7.21. The zero-order valence-corrected chi connectivity index (χ0v) is 15.2. The van der Waals surface area contributed by atoms with Gasteiger partial charge in [0.25, 0.3) is 0 Å². The molecule has 4 nitrogen and oxygen atoms in total. The molecule has 0 atom stereocenters. The van der Waals surface area contributed by atoms with E-state index < -0.39 is 20.2 Å². The van der Waals surface area contributed by atoms with E-state index in [1.807, 2.05) is 0 Å². The Morgan fingerprint density at radius 1 is 0.706 bits per heavy atom. The van der Waals surface area contributed by atoms with Gasteiger partial charge >= 0.3 is 10.4 Å². The highest BCUT2D eigenvalue weighted by Gasteiger charge is 2.16. The second-order valence-electron chi connectivity index (χ2n) is 2.66. The summed E-state index contributed by atoms with van der Waals surface area (Å²) in [5, 5.41) is -6.44. The Bertz CT molecular complexity index is 350. The first-order valence-corrected chi connectivity index (χ1v) is 14.5. The van der Waals surface area contributed by atoms with E-state index in [9.17, 15) is 17.5 Å². The lowest BCUT2D eigenvalue weighted by Crippen LogP contribution is -1.98. The molecule has 0 aromatic rings. The van der Waals surface area contributed by atoms with Crippen LogP contribution in [-0.4, -0.2) is 19.9 Å². The number of rotatable bonds is 0. The molecule has 0 spiro atoms. The molecule has 0 aromatic carbocycles. The lowest BCUT2D eigenvalue weighted by atomic mass is 10.4. The maximum absolute atomic E-state index is 10.4. The molecular weight excluding hydrogens is 419 g/mol. The van der Waals surface area contributed by atoms with Crippen molar-refractivity contribution < 1.29 is 17.5 Å². The first-order valence-electron chi connectivity index (χ1n) is 3.79. The van der Waals surface area contributed by atoms with Crippen LogP contribution < -0.4 is 0 Å². The average molecular weight is 427 g/mol. The highest BCUT2D eigenvalue weighted by Crippen LogP contribution is 2.61. The Morgan fingerprint density at radius 2 is 0.882 bits per heavy atom. The van der Waals surface area contributed by atoms with Crippen LogP contribution in [0, 0.1) is 0 Å². The van der Waals surface area contributed by atoms with Crippen LogP contribution in [0.3, 0.4) is 0 Å². The quantitative estimate of drug-likeness (QED) is 0.458. The highest BCUT2D eigenvalue weighted by atomic mass is 36.1. The van der Waals surface area contributed by atoms with Gasteiger partial charge in [-0.05, 0) is 80.3 Å². The fourth-order valence-corrected chi connectivity index (χ4v) is 2.24. The summed E-state index contributed by atoms with van der Waals surface area (Å²) in [6.07, 6.45) is 1.75. The van der Waals surface area contributed by atoms with Crippen LogP contribution in [0.15, 0.2) is 0 Å². The van der Waals surface area contributed by atoms with E-state index in [0.717, 1.165) is 12.8 Å². The predicted molar refractivity (Wildman–Crippen MR) is 78.2 cm³/mol. The topological polar surface area (TPSA) is 68.3 Å². The third kappa shape index (κ3) is 38.1. The zero-order valence-electron chi connectivity index (χ0n) is 8.03. The largest absolute Gasteiger partial charge is 0.339 e. The summed E-state index contributed by atoms with van der Waals surface area (Å²) in [5.41, 5.74) is 0. The van der Waals surface area contributed by atoms with Crippen molar-refractivity contribution in [3.63, 3.8) is 0 Å². The first kappa shape index (κ1) is 21.4. The molecule has 1 heterocycles. The summed E-state index contributed by atoms with van der Waals surface area (Å²) >= 11 is 27.7. The Hall–Kier alpha value is 2.15. The summed E-state index contributed by atoms with van der Waals surface area (Å²) in [6, 6.07) is 0. The zero-order chi connectivity index (χ0) is 14.3. The van der Waals surface area contributed by atoms with Crippen LogP contribution in [0.1, 0.15) is 12.8 Å². The summed E-state index contributed by atoms with van der Waals surface area (Å²) in [6.45, 7) is 0. The molecule has 0 bridgehead atoms. The van der Waals surface area contributed by atoms with Crippen LogP contribution in [0.2, 0.25) is 0 Å². The minimum absolute atomic E-state index is 0.424. The van der Waals surface area contributed by atoms with Crippen molar-refractivity contribution in [2.24, 2.45) is 0 Å². The Balaban J connectivity index is 0. The predicted octanol–water partition coefficient (Wildman–Crippen LogP) is 5.82. The summed E-state index contributed by atoms with van der Waals surface area (Å²) in [5.74, 6) is 0.847. The molecule has 13 heteroatoms. The minimum atomic E-state index is -3.22. The van der Waals surface area contributed by atoms with E-state index in [0.29, 0.717) is 11.5 Å². The van der Waals surface area contributed by atoms with Crippen molar-refractivity contribution >= 4 is 87.7 Å². The molecule has 0 amide bonds. The molecule has 1 aliphatic heterocycles. The third-order valence-electron chi connectivity index (χ3n) is 1.16. The standard InChI is InChI=1S/C4H8O2S.2Cl3OP/c5-7(6)3-1-2-4-7;2*1-5(2,3)4/h1-4H2;;. The normalized spacial score (nSPS) is 18.5. The van der Waals surface area contributed by atoms with Crippen molar-refractivity contribution in [3.8, 4) is 0 Å². The number of sulfone groups is 1. The van der Waals surface area contributed by atoms with Gasteiger partial charge in [-0.2, -0.15) is 0 Å². The average Bonchev–Trinajstić information content (AvgIpc) is 2.25. The molecule has 0 aliphatic carbocycles. The molecule has 0 saturated carbocycles. The molecule has 1 rings (SSSR count). The molecule has 106 valence electrons. The van der Waals surface area contributed by atoms with Gasteiger partial charge in [-0.3, -0.25) is 9.13 Å². The monoisotopic (exact) mass is 424 g/mol. The third-order valence-corrected chi connectivity index (χ3v) is 2.98. The summed E-state index contributed by atoms with van der Waals surface area (Å²) in [4.78, 5) is 0. The second-order valence-corrected chi connectivity index (χ2v) is 18.2. The van der Waals surface area contributed by atoms with Crippen LogP contribution in [-0.2, 0) is 19.0 Å². The van der Waals surface area contributed by atoms with Gasteiger partial charge in [0, 0.05) is 0 Å².